The van der Waals surface area contributed by atoms with Gasteiger partial charge >= 0.3 is 0 Å². The molecule has 0 bridgehead atoms. The number of hydrogen-bond donors (Lipinski definition) is 2. The molecular formula is C25H20ClN5OS. The van der Waals surface area contributed by atoms with Crippen LogP contribution < -0.4 is 10.6 Å². The summed E-state index contributed by atoms with van der Waals surface area (Å²) in [4.78, 5) is 17.9. The monoisotopic (exact) mass is 473 g/mol. The Kier molecular flexibility index (Phi) is 5.58. The number of hydrogen-bond acceptors (Lipinski definition) is 5. The number of benzene rings is 2. The summed E-state index contributed by atoms with van der Waals surface area (Å²) in [5.74, 6) is 0.337. The first kappa shape index (κ1) is 21.2. The number of nitrogens with one attached hydrogen (secondary N) is 2. The molecule has 0 aliphatic carbocycles. The summed E-state index contributed by atoms with van der Waals surface area (Å²) in [6.07, 6.45) is 5.45. The number of aryl methyl sites for hydroxylation is 2. The van der Waals surface area contributed by atoms with E-state index in [9.17, 15) is 4.79 Å². The van der Waals surface area contributed by atoms with Gasteiger partial charge < -0.3 is 10.6 Å². The average molecular weight is 474 g/mol. The van der Waals surface area contributed by atoms with Crippen LogP contribution in [0.15, 0.2) is 72.5 Å². The number of carbonyl (C=O) groups is 1. The zero-order valence-electron chi connectivity index (χ0n) is 18.0. The average Bonchev–Trinajstić information content (AvgIpc) is 3.42. The van der Waals surface area contributed by atoms with Gasteiger partial charge in [-0.05, 0) is 42.8 Å². The normalized spacial score (nSPS) is 11.0. The quantitative estimate of drug-likeness (QED) is 0.299. The summed E-state index contributed by atoms with van der Waals surface area (Å²) in [5.41, 5.74) is 4.91. The van der Waals surface area contributed by atoms with Gasteiger partial charge in [-0.2, -0.15) is 5.10 Å². The van der Waals surface area contributed by atoms with Crippen LogP contribution in [0.25, 0.3) is 21.2 Å². The van der Waals surface area contributed by atoms with Crippen molar-refractivity contribution in [3.63, 3.8) is 0 Å². The second-order valence-corrected chi connectivity index (χ2v) is 9.05. The number of aromatic nitrogens is 3. The first-order valence-corrected chi connectivity index (χ1v) is 11.5. The third-order valence-electron chi connectivity index (χ3n) is 5.35. The minimum atomic E-state index is -0.221. The molecule has 2 N–H and O–H groups in total. The second-order valence-electron chi connectivity index (χ2n) is 7.71. The van der Waals surface area contributed by atoms with Gasteiger partial charge in [0, 0.05) is 56.7 Å². The van der Waals surface area contributed by atoms with Crippen molar-refractivity contribution in [2.24, 2.45) is 7.05 Å². The van der Waals surface area contributed by atoms with Gasteiger partial charge in [0.05, 0.1) is 17.4 Å². The number of amides is 1. The summed E-state index contributed by atoms with van der Waals surface area (Å²) in [6.45, 7) is 2.02. The van der Waals surface area contributed by atoms with E-state index in [0.29, 0.717) is 22.1 Å². The maximum atomic E-state index is 13.3. The van der Waals surface area contributed by atoms with E-state index in [1.165, 1.54) is 11.3 Å². The largest absolute Gasteiger partial charge is 0.338 e. The predicted octanol–water partition coefficient (Wildman–Crippen LogP) is 6.65. The van der Waals surface area contributed by atoms with Crippen LogP contribution in [0.3, 0.4) is 0 Å². The van der Waals surface area contributed by atoms with Gasteiger partial charge in [0.25, 0.3) is 5.91 Å². The summed E-state index contributed by atoms with van der Waals surface area (Å²) >= 11 is 7.69. The zero-order valence-corrected chi connectivity index (χ0v) is 19.5. The van der Waals surface area contributed by atoms with Crippen molar-refractivity contribution in [2.75, 3.05) is 10.6 Å². The van der Waals surface area contributed by atoms with Crippen molar-refractivity contribution in [2.45, 2.75) is 6.92 Å². The molecule has 2 aromatic carbocycles. The number of thiophene rings is 1. The van der Waals surface area contributed by atoms with Crippen molar-refractivity contribution in [1.82, 2.24) is 14.8 Å². The topological polar surface area (TPSA) is 71.8 Å². The lowest BCUT2D eigenvalue weighted by Gasteiger charge is -2.15. The maximum Gasteiger partial charge on any atom is 0.257 e. The molecule has 0 aliphatic heterocycles. The van der Waals surface area contributed by atoms with Gasteiger partial charge in [0.15, 0.2) is 5.82 Å². The van der Waals surface area contributed by atoms with Crippen LogP contribution in [-0.4, -0.2) is 20.7 Å². The molecule has 0 aliphatic rings. The molecule has 0 atom stereocenters. The number of rotatable bonds is 5. The van der Waals surface area contributed by atoms with Crippen molar-refractivity contribution in [3.05, 3.63) is 88.7 Å². The lowest BCUT2D eigenvalue weighted by molar-refractivity contribution is 0.102. The fourth-order valence-electron chi connectivity index (χ4n) is 3.60. The molecule has 1 amide bonds. The minimum absolute atomic E-state index is 0.221. The molecule has 0 fully saturated rings. The van der Waals surface area contributed by atoms with Gasteiger partial charge in [-0.3, -0.25) is 9.48 Å². The number of nitrogens with zero attached hydrogens (tertiary/aromatic N) is 3. The molecule has 3 heterocycles. The number of anilines is 3. The van der Waals surface area contributed by atoms with Crippen LogP contribution >= 0.6 is 22.9 Å². The Labute approximate surface area is 199 Å². The van der Waals surface area contributed by atoms with Gasteiger partial charge in [-0.1, -0.05) is 29.8 Å². The molecule has 3 aromatic heterocycles. The highest BCUT2D eigenvalue weighted by Gasteiger charge is 2.17. The van der Waals surface area contributed by atoms with Crippen molar-refractivity contribution in [1.29, 1.82) is 0 Å². The van der Waals surface area contributed by atoms with Gasteiger partial charge in [0.2, 0.25) is 0 Å². The van der Waals surface area contributed by atoms with E-state index < -0.39 is 0 Å². The number of carbonyl (C=O) groups excluding carboxylic acids is 1. The number of fused-ring (bicyclic) bond motifs is 1. The van der Waals surface area contributed by atoms with Crippen molar-refractivity contribution in [3.8, 4) is 11.1 Å². The van der Waals surface area contributed by atoms with Crippen LogP contribution in [-0.2, 0) is 7.05 Å². The third-order valence-corrected chi connectivity index (χ3v) is 6.55. The van der Waals surface area contributed by atoms with Crippen LogP contribution in [0.4, 0.5) is 17.2 Å². The zero-order chi connectivity index (χ0) is 22.9. The Hall–Kier alpha value is -3.68. The molecule has 0 unspecified atom stereocenters. The molecule has 164 valence electrons. The fourth-order valence-corrected chi connectivity index (χ4v) is 4.69. The van der Waals surface area contributed by atoms with E-state index in [2.05, 4.69) is 20.7 Å². The van der Waals surface area contributed by atoms with E-state index in [-0.39, 0.29) is 5.91 Å². The molecule has 6 nitrogen and oxygen atoms in total. The molecule has 8 heteroatoms. The Bertz CT molecular complexity index is 1490. The van der Waals surface area contributed by atoms with E-state index in [1.807, 2.05) is 74.1 Å². The highest BCUT2D eigenvalue weighted by Crippen LogP contribution is 2.32. The second kappa shape index (κ2) is 8.69. The first-order chi connectivity index (χ1) is 16.0. The Morgan fingerprint density at radius 1 is 1.06 bits per heavy atom. The number of pyridine rings is 1. The van der Waals surface area contributed by atoms with Gasteiger partial charge in [-0.15, -0.1) is 11.3 Å². The van der Waals surface area contributed by atoms with Crippen LogP contribution in [0.2, 0.25) is 5.02 Å². The smallest absolute Gasteiger partial charge is 0.257 e. The third kappa shape index (κ3) is 4.33. The molecule has 0 saturated heterocycles. The van der Waals surface area contributed by atoms with E-state index in [1.54, 1.807) is 17.1 Å². The summed E-state index contributed by atoms with van der Waals surface area (Å²) in [5, 5.41) is 13.9. The first-order valence-electron chi connectivity index (χ1n) is 10.3. The summed E-state index contributed by atoms with van der Waals surface area (Å²) < 4.78 is 2.74. The fraction of sp³-hybridized carbons (Fsp3) is 0.0800. The van der Waals surface area contributed by atoms with E-state index in [4.69, 9.17) is 11.6 Å². The molecule has 0 saturated carbocycles. The molecule has 0 spiro atoms. The lowest BCUT2D eigenvalue weighted by Crippen LogP contribution is -2.13. The van der Waals surface area contributed by atoms with Gasteiger partial charge in [-0.25, -0.2) is 4.98 Å². The Morgan fingerprint density at radius 3 is 2.70 bits per heavy atom. The van der Waals surface area contributed by atoms with E-state index in [0.717, 1.165) is 32.5 Å². The van der Waals surface area contributed by atoms with Crippen molar-refractivity contribution < 1.29 is 4.79 Å². The van der Waals surface area contributed by atoms with E-state index >= 15 is 0 Å². The highest BCUT2D eigenvalue weighted by molar-refractivity contribution is 7.17. The summed E-state index contributed by atoms with van der Waals surface area (Å²) in [6, 6.07) is 15.4. The molecule has 5 aromatic rings. The Balaban J connectivity index is 1.54. The maximum absolute atomic E-state index is 13.3. The lowest BCUT2D eigenvalue weighted by atomic mass is 10.1. The minimum Gasteiger partial charge on any atom is -0.338 e. The highest BCUT2D eigenvalue weighted by atomic mass is 35.5. The SMILES string of the molecule is Cc1ccccc1Nc1ncc(-c2cnn(C)c2)cc1NC(=O)c1csc2ccc(Cl)cc12. The number of halogens is 1. The van der Waals surface area contributed by atoms with Crippen LogP contribution in [0.1, 0.15) is 15.9 Å². The predicted molar refractivity (Wildman–Crippen MR) is 136 cm³/mol. The molecule has 0 radical (unpaired) electrons. The van der Waals surface area contributed by atoms with Crippen molar-refractivity contribution >= 4 is 56.1 Å². The Morgan fingerprint density at radius 2 is 1.91 bits per heavy atom. The molecule has 33 heavy (non-hydrogen) atoms. The summed E-state index contributed by atoms with van der Waals surface area (Å²) in [7, 11) is 1.86. The molecule has 5 rings (SSSR count). The molecular weight excluding hydrogens is 454 g/mol. The van der Waals surface area contributed by atoms with Crippen LogP contribution in [0.5, 0.6) is 0 Å². The standard InChI is InChI=1S/C25H20ClN5OS/c1-15-5-3-4-6-21(15)29-24-22(9-16(11-27-24)17-12-28-31(2)13-17)30-25(32)20-14-33-23-8-7-18(26)10-19(20)23/h3-14H,1-2H3,(H,27,29)(H,30,32). The van der Waals surface area contributed by atoms with Gasteiger partial charge in [0.1, 0.15) is 0 Å². The van der Waals surface area contributed by atoms with Crippen LogP contribution in [0, 0.1) is 6.92 Å². The number of para-hydroxylation sites is 1.